The topological polar surface area (TPSA) is 71.1 Å². The molecule has 2 saturated heterocycles. The summed E-state index contributed by atoms with van der Waals surface area (Å²) in [5.41, 5.74) is 1.03. The fourth-order valence-electron chi connectivity index (χ4n) is 5.71. The zero-order valence-corrected chi connectivity index (χ0v) is 20.0. The maximum Gasteiger partial charge on any atom is 0.246 e. The summed E-state index contributed by atoms with van der Waals surface area (Å²) in [6, 6.07) is 8.55. The summed E-state index contributed by atoms with van der Waals surface area (Å²) >= 11 is 0. The minimum Gasteiger partial charge on any atom is -0.491 e. The molecular formula is C26H39N3O4. The van der Waals surface area contributed by atoms with Gasteiger partial charge in [0.25, 0.3) is 0 Å². The largest absolute Gasteiger partial charge is 0.491 e. The number of fused-ring (bicyclic) bond motifs is 2. The van der Waals surface area contributed by atoms with Gasteiger partial charge in [-0.05, 0) is 69.7 Å². The number of benzene rings is 1. The second-order valence-electron chi connectivity index (χ2n) is 9.83. The average Bonchev–Trinajstić information content (AvgIpc) is 3.30. The van der Waals surface area contributed by atoms with Crippen molar-refractivity contribution in [3.63, 3.8) is 0 Å². The summed E-state index contributed by atoms with van der Waals surface area (Å²) in [4.78, 5) is 30.1. The predicted molar refractivity (Wildman–Crippen MR) is 127 cm³/mol. The van der Waals surface area contributed by atoms with Crippen molar-refractivity contribution in [1.82, 2.24) is 15.1 Å². The van der Waals surface area contributed by atoms with E-state index in [1.807, 2.05) is 6.07 Å². The summed E-state index contributed by atoms with van der Waals surface area (Å²) in [5, 5.41) is 2.90. The number of methoxy groups -OCH3 is 1. The Bertz CT molecular complexity index is 806. The van der Waals surface area contributed by atoms with Crippen molar-refractivity contribution in [3.05, 3.63) is 29.8 Å². The first-order valence-corrected chi connectivity index (χ1v) is 12.6. The van der Waals surface area contributed by atoms with Crippen LogP contribution in [0.25, 0.3) is 0 Å². The summed E-state index contributed by atoms with van der Waals surface area (Å²) in [7, 11) is 1.53. The highest BCUT2D eigenvalue weighted by Gasteiger charge is 2.45. The number of aryl methyl sites for hydroxylation is 1. The zero-order chi connectivity index (χ0) is 23.1. The number of carbonyl (C=O) groups is 2. The van der Waals surface area contributed by atoms with Gasteiger partial charge < -0.3 is 24.6 Å². The monoisotopic (exact) mass is 457 g/mol. The summed E-state index contributed by atoms with van der Waals surface area (Å²) in [6.45, 7) is 4.79. The van der Waals surface area contributed by atoms with E-state index >= 15 is 0 Å². The number of hydrogen-bond donors (Lipinski definition) is 1. The molecule has 3 aliphatic rings. The minimum atomic E-state index is -0.253. The van der Waals surface area contributed by atoms with Gasteiger partial charge in [-0.15, -0.1) is 0 Å². The summed E-state index contributed by atoms with van der Waals surface area (Å²) in [5.74, 6) is 1.26. The van der Waals surface area contributed by atoms with E-state index in [1.54, 1.807) is 0 Å². The number of likely N-dealkylation sites (tertiary alicyclic amines) is 1. The lowest BCUT2D eigenvalue weighted by Crippen LogP contribution is -2.53. The van der Waals surface area contributed by atoms with Crippen molar-refractivity contribution in [2.45, 2.75) is 57.4 Å². The molecule has 0 aromatic heterocycles. The molecule has 1 N–H and O–H groups in total. The van der Waals surface area contributed by atoms with Gasteiger partial charge in [0.05, 0.1) is 11.5 Å². The standard InChI is InChI=1S/C26H39N3O4/c1-32-20-24(30)27-14-18-28-16-12-26(13-17-28)11-5-4-8-21-7-2-3-10-23(21)33-19-22-9-6-15-29(22)25(26)31/h2-3,7,10,22H,4-6,8-9,11-20H2,1H3,(H,27,30)/t22-/m1/s1. The molecule has 33 heavy (non-hydrogen) atoms. The number of nitrogens with one attached hydrogen (secondary N) is 1. The van der Waals surface area contributed by atoms with Gasteiger partial charge in [0.2, 0.25) is 11.8 Å². The zero-order valence-electron chi connectivity index (χ0n) is 20.0. The Morgan fingerprint density at radius 2 is 1.97 bits per heavy atom. The Kier molecular flexibility index (Phi) is 8.25. The molecule has 0 unspecified atom stereocenters. The lowest BCUT2D eigenvalue weighted by atomic mass is 9.73. The molecule has 1 atom stereocenters. The first-order valence-electron chi connectivity index (χ1n) is 12.6. The van der Waals surface area contributed by atoms with Crippen LogP contribution in [0.3, 0.4) is 0 Å². The number of ether oxygens (including phenoxy) is 2. The maximum atomic E-state index is 13.9. The second kappa shape index (κ2) is 11.3. The van der Waals surface area contributed by atoms with Crippen LogP contribution in [0.1, 0.15) is 50.5 Å². The molecule has 0 saturated carbocycles. The van der Waals surface area contributed by atoms with Crippen LogP contribution in [0.4, 0.5) is 0 Å². The first-order chi connectivity index (χ1) is 16.1. The second-order valence-corrected chi connectivity index (χ2v) is 9.83. The van der Waals surface area contributed by atoms with Crippen LogP contribution in [-0.2, 0) is 20.7 Å². The van der Waals surface area contributed by atoms with Crippen LogP contribution in [-0.4, -0.2) is 80.7 Å². The molecule has 0 radical (unpaired) electrons. The van der Waals surface area contributed by atoms with E-state index in [1.165, 1.54) is 12.7 Å². The molecule has 0 bridgehead atoms. The number of amides is 2. The highest BCUT2D eigenvalue weighted by molar-refractivity contribution is 5.83. The first kappa shape index (κ1) is 24.0. The van der Waals surface area contributed by atoms with Crippen molar-refractivity contribution < 1.29 is 19.1 Å². The fraction of sp³-hybridized carbons (Fsp3) is 0.692. The van der Waals surface area contributed by atoms with Crippen LogP contribution >= 0.6 is 0 Å². The van der Waals surface area contributed by atoms with Gasteiger partial charge in [-0.1, -0.05) is 24.6 Å². The van der Waals surface area contributed by atoms with E-state index in [0.29, 0.717) is 19.1 Å². The maximum absolute atomic E-state index is 13.9. The van der Waals surface area contributed by atoms with Crippen LogP contribution in [0.15, 0.2) is 24.3 Å². The average molecular weight is 458 g/mol. The molecule has 4 rings (SSSR count). The highest BCUT2D eigenvalue weighted by atomic mass is 16.5. The number of para-hydroxylation sites is 1. The summed E-state index contributed by atoms with van der Waals surface area (Å²) in [6.07, 6.45) is 8.00. The Labute approximate surface area is 197 Å². The third-order valence-corrected chi connectivity index (χ3v) is 7.69. The number of piperidine rings is 1. The van der Waals surface area contributed by atoms with E-state index in [0.717, 1.165) is 83.3 Å². The predicted octanol–water partition coefficient (Wildman–Crippen LogP) is 2.63. The van der Waals surface area contributed by atoms with Gasteiger partial charge in [-0.3, -0.25) is 9.59 Å². The fourth-order valence-corrected chi connectivity index (χ4v) is 5.71. The molecule has 7 heteroatoms. The Balaban J connectivity index is 1.40. The van der Waals surface area contributed by atoms with E-state index in [4.69, 9.17) is 9.47 Å². The molecule has 3 aliphatic heterocycles. The Hall–Kier alpha value is -2.12. The van der Waals surface area contributed by atoms with E-state index in [-0.39, 0.29) is 24.0 Å². The van der Waals surface area contributed by atoms with E-state index in [9.17, 15) is 9.59 Å². The van der Waals surface area contributed by atoms with Crippen molar-refractivity contribution in [3.8, 4) is 5.75 Å². The summed E-state index contributed by atoms with van der Waals surface area (Å²) < 4.78 is 11.1. The van der Waals surface area contributed by atoms with Crippen LogP contribution in [0, 0.1) is 5.41 Å². The molecule has 7 nitrogen and oxygen atoms in total. The van der Waals surface area contributed by atoms with Crippen molar-refractivity contribution in [2.75, 3.05) is 53.0 Å². The van der Waals surface area contributed by atoms with Crippen molar-refractivity contribution >= 4 is 11.8 Å². The molecule has 2 fully saturated rings. The number of carbonyl (C=O) groups excluding carboxylic acids is 2. The van der Waals surface area contributed by atoms with Crippen molar-refractivity contribution in [2.24, 2.45) is 5.41 Å². The van der Waals surface area contributed by atoms with Gasteiger partial charge >= 0.3 is 0 Å². The number of hydrogen-bond acceptors (Lipinski definition) is 5. The smallest absolute Gasteiger partial charge is 0.246 e. The van der Waals surface area contributed by atoms with Crippen LogP contribution < -0.4 is 10.1 Å². The normalized spacial score (nSPS) is 23.7. The van der Waals surface area contributed by atoms with E-state index in [2.05, 4.69) is 33.3 Å². The molecule has 0 aliphatic carbocycles. The molecule has 1 aromatic carbocycles. The van der Waals surface area contributed by atoms with Gasteiger partial charge in [0.15, 0.2) is 0 Å². The molecular weight excluding hydrogens is 418 g/mol. The van der Waals surface area contributed by atoms with Crippen molar-refractivity contribution in [1.29, 1.82) is 0 Å². The Morgan fingerprint density at radius 3 is 2.79 bits per heavy atom. The highest BCUT2D eigenvalue weighted by Crippen LogP contribution is 2.41. The number of rotatable bonds is 5. The SMILES string of the molecule is COCC(=O)NCCN1CCC2(CCCCc3ccccc3OC[C@H]3CCCN3C2=O)CC1. The minimum absolute atomic E-state index is 0.0793. The molecule has 1 aromatic rings. The third-order valence-electron chi connectivity index (χ3n) is 7.69. The number of nitrogens with zero attached hydrogens (tertiary/aromatic N) is 2. The quantitative estimate of drug-likeness (QED) is 0.736. The molecule has 182 valence electrons. The molecule has 3 heterocycles. The molecule has 1 spiro atoms. The Morgan fingerprint density at radius 1 is 1.15 bits per heavy atom. The van der Waals surface area contributed by atoms with Crippen LogP contribution in [0.5, 0.6) is 5.75 Å². The van der Waals surface area contributed by atoms with Gasteiger partial charge in [-0.25, -0.2) is 0 Å². The third kappa shape index (κ3) is 5.87. The van der Waals surface area contributed by atoms with Gasteiger partial charge in [-0.2, -0.15) is 0 Å². The lowest BCUT2D eigenvalue weighted by Gasteiger charge is -2.44. The van der Waals surface area contributed by atoms with Gasteiger partial charge in [0.1, 0.15) is 19.0 Å². The van der Waals surface area contributed by atoms with E-state index < -0.39 is 0 Å². The van der Waals surface area contributed by atoms with Crippen LogP contribution in [0.2, 0.25) is 0 Å². The van der Waals surface area contributed by atoms with Gasteiger partial charge in [0, 0.05) is 26.7 Å². The molecule has 2 amide bonds. The lowest BCUT2D eigenvalue weighted by molar-refractivity contribution is -0.147.